The first-order valence-electron chi connectivity index (χ1n) is 31.3. The summed E-state index contributed by atoms with van der Waals surface area (Å²) >= 11 is 0. The van der Waals surface area contributed by atoms with Gasteiger partial charge in [-0.25, -0.2) is 19.2 Å². The number of carbonyl (C=O) groups excluding carboxylic acids is 7. The molecule has 0 radical (unpaired) electrons. The summed E-state index contributed by atoms with van der Waals surface area (Å²) in [6, 6.07) is 0. The number of esters is 3. The summed E-state index contributed by atoms with van der Waals surface area (Å²) in [6.45, 7) is 21.8. The van der Waals surface area contributed by atoms with Gasteiger partial charge in [0.1, 0.15) is 39.5 Å². The molecule has 478 valence electrons. The Morgan fingerprint density at radius 3 is 1.19 bits per heavy atom. The SMILES string of the molecule is CCCCCCC/C=C/C=C\CCC(=O)NC1=C[C@](C)(CC)OC1=O.CCCCCCC/C=C/C=C\[C@H](O)CC(=O)NC1=C[C@](C)(CC)OC1=O.CC[C@@]1(C)C=C(NC(=O)C[C@@H](O)/C=C\C=C\CCCCCCN(C)C(=O)OC(C)(C)C)C(=O)O1. The molecular weight excluding hydrogens is 1080 g/mol. The minimum atomic E-state index is -0.942. The molecular formula is C68H108N4O13. The molecule has 85 heavy (non-hydrogen) atoms. The fraction of sp³-hybridized carbons (Fsp3) is 0.632. The van der Waals surface area contributed by atoms with E-state index in [0.717, 1.165) is 44.9 Å². The van der Waals surface area contributed by atoms with Crippen LogP contribution in [0.1, 0.15) is 230 Å². The molecule has 0 saturated heterocycles. The Hall–Kier alpha value is -6.33. The van der Waals surface area contributed by atoms with Crippen LogP contribution in [-0.4, -0.2) is 105 Å². The lowest BCUT2D eigenvalue weighted by Crippen LogP contribution is -2.34. The van der Waals surface area contributed by atoms with E-state index >= 15 is 0 Å². The number of ether oxygens (including phenoxy) is 4. The average molecular weight is 1190 g/mol. The Bertz CT molecular complexity index is 2360. The highest BCUT2D eigenvalue weighted by atomic mass is 16.6. The van der Waals surface area contributed by atoms with Crippen LogP contribution in [0.15, 0.2) is 108 Å². The number of allylic oxidation sites excluding steroid dienone is 10. The lowest BCUT2D eigenvalue weighted by Gasteiger charge is -2.24. The highest BCUT2D eigenvalue weighted by Gasteiger charge is 2.37. The molecule has 0 aromatic carbocycles. The molecule has 4 amide bonds. The minimum absolute atomic E-state index is 0.102. The Kier molecular flexibility index (Phi) is 38.3. The van der Waals surface area contributed by atoms with E-state index in [1.165, 1.54) is 64.2 Å². The maximum Gasteiger partial charge on any atom is 0.410 e. The van der Waals surface area contributed by atoms with Crippen LogP contribution < -0.4 is 16.0 Å². The van der Waals surface area contributed by atoms with Crippen LogP contribution in [0.25, 0.3) is 0 Å². The van der Waals surface area contributed by atoms with E-state index in [-0.39, 0.29) is 41.9 Å². The third kappa shape index (κ3) is 36.3. The summed E-state index contributed by atoms with van der Waals surface area (Å²) in [7, 11) is 1.75. The van der Waals surface area contributed by atoms with Crippen LogP contribution >= 0.6 is 0 Å². The zero-order valence-corrected chi connectivity index (χ0v) is 53.8. The minimum Gasteiger partial charge on any atom is -0.450 e. The van der Waals surface area contributed by atoms with Gasteiger partial charge in [-0.2, -0.15) is 0 Å². The fourth-order valence-electron chi connectivity index (χ4n) is 8.32. The third-order valence-corrected chi connectivity index (χ3v) is 14.1. The van der Waals surface area contributed by atoms with Crippen LogP contribution in [0.4, 0.5) is 4.79 Å². The summed E-state index contributed by atoms with van der Waals surface area (Å²) in [5.41, 5.74) is -1.89. The smallest absolute Gasteiger partial charge is 0.410 e. The molecule has 0 bridgehead atoms. The number of hydrogen-bond donors (Lipinski definition) is 5. The second-order valence-corrected chi connectivity index (χ2v) is 23.6. The van der Waals surface area contributed by atoms with E-state index in [2.05, 4.69) is 41.9 Å². The topological polar surface area (TPSA) is 236 Å². The van der Waals surface area contributed by atoms with Gasteiger partial charge in [0.2, 0.25) is 17.7 Å². The highest BCUT2D eigenvalue weighted by molar-refractivity contribution is 5.97. The number of hydrogen-bond acceptors (Lipinski definition) is 13. The van der Waals surface area contributed by atoms with Crippen LogP contribution in [-0.2, 0) is 47.7 Å². The molecule has 3 heterocycles. The Labute approximate surface area is 510 Å². The molecule has 3 aliphatic heterocycles. The normalized spacial score (nSPS) is 20.2. The number of nitrogens with zero attached hydrogens (tertiary/aromatic N) is 1. The predicted octanol–water partition coefficient (Wildman–Crippen LogP) is 13.3. The summed E-state index contributed by atoms with van der Waals surface area (Å²) in [6.07, 6.45) is 48.0. The second-order valence-electron chi connectivity index (χ2n) is 23.6. The Morgan fingerprint density at radius 2 is 0.847 bits per heavy atom. The van der Waals surface area contributed by atoms with Gasteiger partial charge in [-0.1, -0.05) is 172 Å². The highest BCUT2D eigenvalue weighted by Crippen LogP contribution is 2.28. The van der Waals surface area contributed by atoms with Crippen molar-refractivity contribution in [2.24, 2.45) is 0 Å². The van der Waals surface area contributed by atoms with E-state index in [4.69, 9.17) is 18.9 Å². The molecule has 0 spiro atoms. The van der Waals surface area contributed by atoms with Gasteiger partial charge in [0.05, 0.1) is 25.0 Å². The van der Waals surface area contributed by atoms with Crippen molar-refractivity contribution in [3.63, 3.8) is 0 Å². The molecule has 3 aliphatic rings. The van der Waals surface area contributed by atoms with Crippen LogP contribution in [0.2, 0.25) is 0 Å². The first-order valence-corrected chi connectivity index (χ1v) is 31.3. The van der Waals surface area contributed by atoms with Gasteiger partial charge in [-0.15, -0.1) is 0 Å². The number of aliphatic hydroxyl groups is 2. The molecule has 0 unspecified atom stereocenters. The van der Waals surface area contributed by atoms with Crippen LogP contribution in [0.3, 0.4) is 0 Å². The zero-order valence-electron chi connectivity index (χ0n) is 53.8. The molecule has 0 aromatic heterocycles. The maximum absolute atomic E-state index is 12.1. The van der Waals surface area contributed by atoms with Gasteiger partial charge in [-0.05, 0) is 130 Å². The van der Waals surface area contributed by atoms with E-state index in [1.807, 2.05) is 84.9 Å². The largest absolute Gasteiger partial charge is 0.450 e. The molecule has 3 rings (SSSR count). The van der Waals surface area contributed by atoms with Crippen molar-refractivity contribution < 1.29 is 62.7 Å². The summed E-state index contributed by atoms with van der Waals surface area (Å²) in [4.78, 5) is 84.7. The van der Waals surface area contributed by atoms with Gasteiger partial charge < -0.3 is 50.0 Å². The van der Waals surface area contributed by atoms with Gasteiger partial charge >= 0.3 is 24.0 Å². The number of carbonyl (C=O) groups is 7. The van der Waals surface area contributed by atoms with Crippen molar-refractivity contribution in [2.45, 2.75) is 265 Å². The predicted molar refractivity (Wildman–Crippen MR) is 337 cm³/mol. The van der Waals surface area contributed by atoms with Crippen molar-refractivity contribution in [2.75, 3.05) is 13.6 Å². The second kappa shape index (κ2) is 42.5. The van der Waals surface area contributed by atoms with E-state index in [9.17, 15) is 43.8 Å². The average Bonchev–Trinajstić information content (AvgIpc) is 3.05. The van der Waals surface area contributed by atoms with Gasteiger partial charge in [0, 0.05) is 20.0 Å². The number of unbranched alkanes of at least 4 members (excludes halogenated alkanes) is 14. The molecule has 5 N–H and O–H groups in total. The Morgan fingerprint density at radius 1 is 0.518 bits per heavy atom. The number of cyclic esters (lactones) is 3. The molecule has 17 nitrogen and oxygen atoms in total. The van der Waals surface area contributed by atoms with Crippen molar-refractivity contribution in [1.82, 2.24) is 20.9 Å². The first kappa shape index (κ1) is 76.7. The van der Waals surface area contributed by atoms with Crippen molar-refractivity contribution >= 4 is 41.7 Å². The number of aliphatic hydroxyl groups excluding tert-OH is 2. The van der Waals surface area contributed by atoms with Crippen LogP contribution in [0.5, 0.6) is 0 Å². The maximum atomic E-state index is 12.1. The summed E-state index contributed by atoms with van der Waals surface area (Å²) in [5, 5.41) is 27.6. The molecule has 0 aliphatic carbocycles. The molecule has 17 heteroatoms. The zero-order chi connectivity index (χ0) is 63.7. The van der Waals surface area contributed by atoms with Gasteiger partial charge in [-0.3, -0.25) is 14.4 Å². The van der Waals surface area contributed by atoms with Crippen molar-refractivity contribution in [3.8, 4) is 0 Å². The summed E-state index contributed by atoms with van der Waals surface area (Å²) in [5.74, 6) is -2.55. The van der Waals surface area contributed by atoms with E-state index in [0.29, 0.717) is 38.6 Å². The van der Waals surface area contributed by atoms with Gasteiger partial charge in [0.15, 0.2) is 0 Å². The number of nitrogens with one attached hydrogen (secondary N) is 3. The van der Waals surface area contributed by atoms with Crippen LogP contribution in [0, 0.1) is 0 Å². The lowest BCUT2D eigenvalue weighted by molar-refractivity contribution is -0.147. The number of amides is 4. The quantitative estimate of drug-likeness (QED) is 0.0169. The Balaban J connectivity index is 0.000000648. The lowest BCUT2D eigenvalue weighted by atomic mass is 10.0. The third-order valence-electron chi connectivity index (χ3n) is 14.1. The van der Waals surface area contributed by atoms with Crippen molar-refractivity contribution in [1.29, 1.82) is 0 Å². The molecule has 0 fully saturated rings. The molecule has 5 atom stereocenters. The summed E-state index contributed by atoms with van der Waals surface area (Å²) < 4.78 is 21.0. The van der Waals surface area contributed by atoms with Crippen molar-refractivity contribution in [3.05, 3.63) is 108 Å². The molecule has 0 aromatic rings. The number of rotatable bonds is 37. The molecule has 0 saturated carbocycles. The van der Waals surface area contributed by atoms with E-state index in [1.54, 1.807) is 68.3 Å². The standard InChI is InChI=1S/C26H42N2O6.C21H33NO4.C21H33NO3/c1-7-26(5)19-21(23(31)33-26)27-22(30)18-20(29)16-14-12-10-8-9-11-13-15-17-28(6)24(32)34-25(2,3)4;1-4-6-7-8-9-10-11-12-13-14-17(23)15-19(24)22-18-16-21(3,5-2)26-20(18)25;1-4-6-7-8-9-10-11-12-13-14-15-16-19(23)22-18-17-21(3,5-2)25-20(18)24/h10,12,14,16,19-20,29H,7-9,11,13,15,17-18H2,1-6H3,(H,27,30);11-14,16-17,23H,4-10,15H2,1-3H3,(H,22,24);11-14,17H,4-10,15-16H2,1-3H3,(H,22,23)/b12-10+,16-14-;2*12-11+,14-13-/t20-,26-;17-,21-;21-/m000/s1. The van der Waals surface area contributed by atoms with E-state index < -0.39 is 64.3 Å². The fourth-order valence-corrected chi connectivity index (χ4v) is 8.32. The first-order chi connectivity index (χ1) is 40.3. The monoisotopic (exact) mass is 1190 g/mol. The van der Waals surface area contributed by atoms with Gasteiger partial charge in [0.25, 0.3) is 0 Å².